The molecule has 0 saturated carbocycles. The molecule has 0 saturated heterocycles. The zero-order chi connectivity index (χ0) is 22.9. The number of hydrogen-bond acceptors (Lipinski definition) is 6. The van der Waals surface area contributed by atoms with Crippen molar-refractivity contribution in [3.63, 3.8) is 0 Å². The van der Waals surface area contributed by atoms with E-state index in [4.69, 9.17) is 0 Å². The van der Waals surface area contributed by atoms with E-state index in [1.54, 1.807) is 19.9 Å². The average molecular weight is 446 g/mol. The molecule has 1 aromatic carbocycles. The Bertz CT molecular complexity index is 1280. The van der Waals surface area contributed by atoms with Crippen LogP contribution in [-0.2, 0) is 18.4 Å². The fourth-order valence-electron chi connectivity index (χ4n) is 3.12. The van der Waals surface area contributed by atoms with Gasteiger partial charge in [0.25, 0.3) is 5.56 Å². The van der Waals surface area contributed by atoms with Gasteiger partial charge in [-0.05, 0) is 37.5 Å². The van der Waals surface area contributed by atoms with Gasteiger partial charge in [0.2, 0.25) is 5.91 Å². The summed E-state index contributed by atoms with van der Waals surface area (Å²) in [6.07, 6.45) is 0. The van der Waals surface area contributed by atoms with Crippen LogP contribution < -0.4 is 16.6 Å². The van der Waals surface area contributed by atoms with Crippen molar-refractivity contribution in [1.29, 1.82) is 0 Å². The van der Waals surface area contributed by atoms with Gasteiger partial charge in [0.1, 0.15) is 22.1 Å². The van der Waals surface area contributed by atoms with Gasteiger partial charge in [-0.15, -0.1) is 0 Å². The highest BCUT2D eigenvalue weighted by atomic mass is 32.2. The Kier molecular flexibility index (Phi) is 6.59. The van der Waals surface area contributed by atoms with Gasteiger partial charge in [-0.25, -0.2) is 19.2 Å². The van der Waals surface area contributed by atoms with Gasteiger partial charge in [-0.2, -0.15) is 0 Å². The number of aryl methyl sites for hydroxylation is 2. The molecule has 0 atom stereocenters. The number of benzene rings is 1. The van der Waals surface area contributed by atoms with Gasteiger partial charge in [0, 0.05) is 13.6 Å². The lowest BCUT2D eigenvalue weighted by Crippen LogP contribution is -2.39. The summed E-state index contributed by atoms with van der Waals surface area (Å²) in [5.74, 6) is -0.520. The molecule has 0 unspecified atom stereocenters. The highest BCUT2D eigenvalue weighted by Crippen LogP contribution is 2.23. The number of carbonyl (C=O) groups excluding carboxylic acids is 1. The number of halogens is 1. The fourth-order valence-corrected chi connectivity index (χ4v) is 3.98. The molecule has 0 aliphatic rings. The van der Waals surface area contributed by atoms with Gasteiger partial charge < -0.3 is 5.32 Å². The number of amides is 1. The Labute approximate surface area is 182 Å². The van der Waals surface area contributed by atoms with Crippen LogP contribution in [0.3, 0.4) is 0 Å². The van der Waals surface area contributed by atoms with Gasteiger partial charge in [-0.1, -0.05) is 31.7 Å². The summed E-state index contributed by atoms with van der Waals surface area (Å²) < 4.78 is 16.5. The number of nitrogens with one attached hydrogen (secondary N) is 1. The van der Waals surface area contributed by atoms with Crippen LogP contribution in [0.25, 0.3) is 11.0 Å². The third kappa shape index (κ3) is 4.84. The van der Waals surface area contributed by atoms with Crippen LogP contribution in [0.4, 0.5) is 10.1 Å². The Morgan fingerprint density at radius 1 is 1.23 bits per heavy atom. The monoisotopic (exact) mass is 445 g/mol. The summed E-state index contributed by atoms with van der Waals surface area (Å²) in [7, 11) is 1.40. The van der Waals surface area contributed by atoms with Crippen molar-refractivity contribution in [1.82, 2.24) is 19.1 Å². The highest BCUT2D eigenvalue weighted by Gasteiger charge is 2.19. The van der Waals surface area contributed by atoms with Crippen LogP contribution >= 0.6 is 11.8 Å². The molecule has 2 heterocycles. The number of aromatic nitrogens is 4. The van der Waals surface area contributed by atoms with E-state index < -0.39 is 23.0 Å². The number of fused-ring (bicyclic) bond motifs is 1. The van der Waals surface area contributed by atoms with E-state index in [1.165, 1.54) is 23.7 Å². The van der Waals surface area contributed by atoms with Gasteiger partial charge in [0.05, 0.1) is 11.4 Å². The second-order valence-electron chi connectivity index (χ2n) is 7.75. The van der Waals surface area contributed by atoms with E-state index in [1.807, 2.05) is 13.8 Å². The van der Waals surface area contributed by atoms with E-state index in [0.717, 1.165) is 21.9 Å². The maximum Gasteiger partial charge on any atom is 0.332 e. The molecule has 8 nitrogen and oxygen atoms in total. The molecule has 3 rings (SSSR count). The second kappa shape index (κ2) is 9.01. The van der Waals surface area contributed by atoms with E-state index in [-0.39, 0.29) is 28.4 Å². The van der Waals surface area contributed by atoms with Crippen molar-refractivity contribution < 1.29 is 9.18 Å². The lowest BCUT2D eigenvalue weighted by molar-refractivity contribution is -0.113. The maximum atomic E-state index is 14.0. The van der Waals surface area contributed by atoms with Crippen molar-refractivity contribution in [2.45, 2.75) is 39.3 Å². The van der Waals surface area contributed by atoms with Crippen LogP contribution in [0.2, 0.25) is 0 Å². The molecule has 0 bridgehead atoms. The van der Waals surface area contributed by atoms with Gasteiger partial charge >= 0.3 is 5.69 Å². The summed E-state index contributed by atoms with van der Waals surface area (Å²) in [6.45, 7) is 7.72. The van der Waals surface area contributed by atoms with Crippen molar-refractivity contribution >= 4 is 34.4 Å². The minimum Gasteiger partial charge on any atom is -0.323 e. The standard InChI is InChI=1S/C21H24FN5O3S/c1-11(2)9-27-18-17(20(29)26(5)21(27)30)19(24-13(4)23-18)31-10-16(28)25-15-7-6-12(3)8-14(15)22/h6-8,11H,9-10H2,1-5H3,(H,25,28). The molecule has 0 radical (unpaired) electrons. The summed E-state index contributed by atoms with van der Waals surface area (Å²) in [4.78, 5) is 46.5. The minimum atomic E-state index is -0.521. The quantitative estimate of drug-likeness (QED) is 0.463. The normalized spacial score (nSPS) is 11.3. The van der Waals surface area contributed by atoms with Crippen molar-refractivity contribution in [2.24, 2.45) is 13.0 Å². The maximum absolute atomic E-state index is 14.0. The van der Waals surface area contributed by atoms with Gasteiger partial charge in [0.15, 0.2) is 5.65 Å². The molecule has 0 aliphatic heterocycles. The Morgan fingerprint density at radius 3 is 2.58 bits per heavy atom. The first kappa shape index (κ1) is 22.7. The smallest absolute Gasteiger partial charge is 0.323 e. The molecule has 0 fully saturated rings. The number of thioether (sulfide) groups is 1. The minimum absolute atomic E-state index is 0.0848. The molecule has 3 aromatic rings. The molecule has 164 valence electrons. The summed E-state index contributed by atoms with van der Waals surface area (Å²) >= 11 is 1.04. The lowest BCUT2D eigenvalue weighted by atomic mass is 10.2. The molecular formula is C21H24FN5O3S. The molecule has 0 aliphatic carbocycles. The summed E-state index contributed by atoms with van der Waals surface area (Å²) in [5, 5.41) is 3.02. The number of anilines is 1. The predicted molar refractivity (Wildman–Crippen MR) is 119 cm³/mol. The highest BCUT2D eigenvalue weighted by molar-refractivity contribution is 8.00. The van der Waals surface area contributed by atoms with Gasteiger partial charge in [-0.3, -0.25) is 18.7 Å². The third-order valence-electron chi connectivity index (χ3n) is 4.55. The Hall–Kier alpha value is -3.01. The molecule has 0 spiro atoms. The molecule has 1 N–H and O–H groups in total. The SMILES string of the molecule is Cc1ccc(NC(=O)CSc2nc(C)nc3c2c(=O)n(C)c(=O)n3CC(C)C)c(F)c1. The molecule has 10 heteroatoms. The van der Waals surface area contributed by atoms with Crippen molar-refractivity contribution in [3.05, 3.63) is 56.2 Å². The molecule has 31 heavy (non-hydrogen) atoms. The first-order chi connectivity index (χ1) is 14.6. The van der Waals surface area contributed by atoms with Crippen molar-refractivity contribution in [3.8, 4) is 0 Å². The number of carbonyl (C=O) groups is 1. The topological polar surface area (TPSA) is 98.9 Å². The predicted octanol–water partition coefficient (Wildman–Crippen LogP) is 2.63. The first-order valence-electron chi connectivity index (χ1n) is 9.75. The van der Waals surface area contributed by atoms with Crippen LogP contribution in [-0.4, -0.2) is 30.8 Å². The molecule has 1 amide bonds. The average Bonchev–Trinajstić information content (AvgIpc) is 2.69. The number of rotatable bonds is 6. The van der Waals surface area contributed by atoms with E-state index in [9.17, 15) is 18.8 Å². The second-order valence-corrected chi connectivity index (χ2v) is 8.71. The van der Waals surface area contributed by atoms with E-state index in [2.05, 4.69) is 15.3 Å². The van der Waals surface area contributed by atoms with E-state index in [0.29, 0.717) is 17.4 Å². The van der Waals surface area contributed by atoms with Crippen LogP contribution in [0, 0.1) is 25.6 Å². The van der Waals surface area contributed by atoms with Crippen LogP contribution in [0.1, 0.15) is 25.2 Å². The van der Waals surface area contributed by atoms with E-state index >= 15 is 0 Å². The summed E-state index contributed by atoms with van der Waals surface area (Å²) in [5.41, 5.74) is 0.111. The van der Waals surface area contributed by atoms with Crippen LogP contribution in [0.5, 0.6) is 0 Å². The van der Waals surface area contributed by atoms with Crippen molar-refractivity contribution in [2.75, 3.05) is 11.1 Å². The fraction of sp³-hybridized carbons (Fsp3) is 0.381. The lowest BCUT2D eigenvalue weighted by Gasteiger charge is -2.15. The molecular weight excluding hydrogens is 421 g/mol. The molecule has 2 aromatic heterocycles. The van der Waals surface area contributed by atoms with Crippen LogP contribution in [0.15, 0.2) is 32.8 Å². The zero-order valence-corrected chi connectivity index (χ0v) is 18.8. The third-order valence-corrected chi connectivity index (χ3v) is 5.52. The Morgan fingerprint density at radius 2 is 1.94 bits per heavy atom. The Balaban J connectivity index is 1.97. The zero-order valence-electron chi connectivity index (χ0n) is 18.0. The first-order valence-corrected chi connectivity index (χ1v) is 10.7. The number of hydrogen-bond donors (Lipinski definition) is 1. The summed E-state index contributed by atoms with van der Waals surface area (Å²) in [6, 6.07) is 4.53. The number of nitrogens with zero attached hydrogens (tertiary/aromatic N) is 4. The largest absolute Gasteiger partial charge is 0.332 e.